The first-order chi connectivity index (χ1) is 25.8. The van der Waals surface area contributed by atoms with Gasteiger partial charge in [0.05, 0.1) is 45.9 Å². The molecule has 4 heterocycles. The predicted octanol–water partition coefficient (Wildman–Crippen LogP) is 11.9. The molecule has 0 bridgehead atoms. The van der Waals surface area contributed by atoms with Gasteiger partial charge < -0.3 is 9.47 Å². The zero-order valence-corrected chi connectivity index (χ0v) is 28.1. The molecule has 0 unspecified atom stereocenters. The van der Waals surface area contributed by atoms with Gasteiger partial charge in [0.1, 0.15) is 0 Å². The molecule has 52 heavy (non-hydrogen) atoms. The quantitative estimate of drug-likeness (QED) is 0.184. The maximum atomic E-state index is 5.16. The highest BCUT2D eigenvalue weighted by Gasteiger charge is 2.31. The Hall–Kier alpha value is -7.11. The molecule has 3 aromatic heterocycles. The van der Waals surface area contributed by atoms with E-state index in [1.807, 2.05) is 54.9 Å². The van der Waals surface area contributed by atoms with Gasteiger partial charge >= 0.3 is 0 Å². The average molecular weight is 666 g/mol. The van der Waals surface area contributed by atoms with Gasteiger partial charge in [-0.2, -0.15) is 0 Å². The largest absolute Gasteiger partial charge is 0.309 e. The average Bonchev–Trinajstić information content (AvgIpc) is 3.51. The highest BCUT2D eigenvalue weighted by molar-refractivity contribution is 6.13. The summed E-state index contributed by atoms with van der Waals surface area (Å²) in [4.78, 5) is 17.1. The smallest absolute Gasteiger partial charge is 0.160 e. The predicted molar refractivity (Wildman–Crippen MR) is 212 cm³/mol. The summed E-state index contributed by atoms with van der Waals surface area (Å²) < 4.78 is 2.42. The van der Waals surface area contributed by atoms with Gasteiger partial charge in [-0.05, 0) is 48.5 Å². The Morgan fingerprint density at radius 2 is 1.06 bits per heavy atom. The molecule has 0 amide bonds. The molecule has 0 spiro atoms. The summed E-state index contributed by atoms with van der Waals surface area (Å²) in [5.74, 6) is 0.698. The molecule has 6 aromatic carbocycles. The van der Waals surface area contributed by atoms with E-state index in [9.17, 15) is 0 Å². The Morgan fingerprint density at radius 1 is 0.442 bits per heavy atom. The van der Waals surface area contributed by atoms with Gasteiger partial charge in [-0.1, -0.05) is 127 Å². The molecule has 5 heteroatoms. The summed E-state index contributed by atoms with van der Waals surface area (Å²) >= 11 is 0. The summed E-state index contributed by atoms with van der Waals surface area (Å²) in [7, 11) is 0. The molecule has 0 saturated carbocycles. The molecule has 0 fully saturated rings. The van der Waals surface area contributed by atoms with E-state index in [2.05, 4.69) is 148 Å². The molecule has 5 nitrogen and oxygen atoms in total. The monoisotopic (exact) mass is 665 g/mol. The molecule has 1 aliphatic heterocycles. The third-order valence-electron chi connectivity index (χ3n) is 9.82. The number of anilines is 3. The molecule has 9 aromatic rings. The van der Waals surface area contributed by atoms with Gasteiger partial charge in [-0.25, -0.2) is 9.97 Å². The fourth-order valence-corrected chi connectivity index (χ4v) is 7.55. The summed E-state index contributed by atoms with van der Waals surface area (Å²) in [5.41, 5.74) is 14.9. The van der Waals surface area contributed by atoms with Gasteiger partial charge in [-0.15, -0.1) is 0 Å². The fourth-order valence-electron chi connectivity index (χ4n) is 7.55. The lowest BCUT2D eigenvalue weighted by atomic mass is 9.98. The van der Waals surface area contributed by atoms with E-state index in [-0.39, 0.29) is 0 Å². The molecule has 0 atom stereocenters. The highest BCUT2D eigenvalue weighted by atomic mass is 15.2. The maximum absolute atomic E-state index is 5.16. The van der Waals surface area contributed by atoms with Crippen molar-refractivity contribution in [3.05, 3.63) is 188 Å². The van der Waals surface area contributed by atoms with Crippen LogP contribution in [0.3, 0.4) is 0 Å². The lowest BCUT2D eigenvalue weighted by Crippen LogP contribution is -2.11. The van der Waals surface area contributed by atoms with Crippen molar-refractivity contribution in [2.24, 2.45) is 0 Å². The number of benzene rings is 6. The molecule has 1 aliphatic rings. The number of pyridine rings is 1. The van der Waals surface area contributed by atoms with Crippen molar-refractivity contribution in [3.8, 4) is 62.0 Å². The molecule has 10 rings (SSSR count). The van der Waals surface area contributed by atoms with E-state index in [1.54, 1.807) is 0 Å². The lowest BCUT2D eigenvalue weighted by Gasteiger charge is -2.27. The van der Waals surface area contributed by atoms with Crippen LogP contribution < -0.4 is 4.90 Å². The fraction of sp³-hybridized carbons (Fsp3) is 0. The molecule has 0 aliphatic carbocycles. The van der Waals surface area contributed by atoms with Crippen molar-refractivity contribution in [2.45, 2.75) is 0 Å². The minimum absolute atomic E-state index is 0.698. The Bertz CT molecular complexity index is 2680. The van der Waals surface area contributed by atoms with Crippen molar-refractivity contribution < 1.29 is 0 Å². The number of fused-ring (bicyclic) bond motifs is 7. The minimum Gasteiger partial charge on any atom is -0.309 e. The van der Waals surface area contributed by atoms with Crippen LogP contribution in [0.2, 0.25) is 0 Å². The van der Waals surface area contributed by atoms with Gasteiger partial charge in [0.15, 0.2) is 5.82 Å². The first-order valence-corrected chi connectivity index (χ1v) is 17.4. The van der Waals surface area contributed by atoms with Crippen LogP contribution in [0.4, 0.5) is 17.1 Å². The van der Waals surface area contributed by atoms with E-state index in [0.717, 1.165) is 67.6 Å². The number of nitrogens with zero attached hydrogens (tertiary/aromatic N) is 5. The first-order valence-electron chi connectivity index (χ1n) is 17.4. The van der Waals surface area contributed by atoms with Gasteiger partial charge in [0.2, 0.25) is 0 Å². The van der Waals surface area contributed by atoms with Crippen LogP contribution >= 0.6 is 0 Å². The molecule has 0 radical (unpaired) electrons. The van der Waals surface area contributed by atoms with E-state index in [4.69, 9.17) is 9.97 Å². The minimum atomic E-state index is 0.698. The van der Waals surface area contributed by atoms with E-state index in [0.29, 0.717) is 5.82 Å². The zero-order valence-electron chi connectivity index (χ0n) is 28.1. The van der Waals surface area contributed by atoms with Crippen molar-refractivity contribution in [3.63, 3.8) is 0 Å². The second-order valence-electron chi connectivity index (χ2n) is 12.9. The Balaban J connectivity index is 1.23. The second kappa shape index (κ2) is 12.3. The summed E-state index contributed by atoms with van der Waals surface area (Å²) in [6.45, 7) is 0. The zero-order chi connectivity index (χ0) is 34.4. The van der Waals surface area contributed by atoms with Crippen molar-refractivity contribution in [1.82, 2.24) is 19.5 Å². The molecule has 0 N–H and O–H groups in total. The third-order valence-corrected chi connectivity index (χ3v) is 9.82. The normalized spacial score (nSPS) is 11.8. The molecule has 244 valence electrons. The summed E-state index contributed by atoms with van der Waals surface area (Å²) in [6.07, 6.45) is 3.76. The van der Waals surface area contributed by atoms with Crippen LogP contribution in [-0.4, -0.2) is 19.5 Å². The lowest BCUT2D eigenvalue weighted by molar-refractivity contribution is 1.13. The maximum Gasteiger partial charge on any atom is 0.160 e. The number of aromatic nitrogens is 4. The number of rotatable bonds is 5. The molecule has 0 saturated heterocycles. The summed E-state index contributed by atoms with van der Waals surface area (Å²) in [5, 5.41) is 1.19. The van der Waals surface area contributed by atoms with Crippen molar-refractivity contribution in [2.75, 3.05) is 4.90 Å². The second-order valence-corrected chi connectivity index (χ2v) is 12.9. The van der Waals surface area contributed by atoms with Crippen LogP contribution in [0.5, 0.6) is 0 Å². The van der Waals surface area contributed by atoms with Crippen molar-refractivity contribution in [1.29, 1.82) is 0 Å². The van der Waals surface area contributed by atoms with E-state index >= 15 is 0 Å². The third kappa shape index (κ3) is 4.90. The Kier molecular flexibility index (Phi) is 7.07. The van der Waals surface area contributed by atoms with Crippen molar-refractivity contribution >= 4 is 28.0 Å². The number of hydrogen-bond donors (Lipinski definition) is 0. The molecular weight excluding hydrogens is 635 g/mol. The highest BCUT2D eigenvalue weighted by Crippen LogP contribution is 2.54. The van der Waals surface area contributed by atoms with Crippen LogP contribution in [-0.2, 0) is 0 Å². The number of hydrogen-bond acceptors (Lipinski definition) is 4. The SMILES string of the molecule is c1ccc(-c2cc(-c3cccc(-n4c5c(c6ccccc64)-c4ccccc4N(c4cccnc4)c4ccccc4-5)c3)nc(-c3ccccc3)n2)cc1. The van der Waals surface area contributed by atoms with Gasteiger partial charge in [0, 0.05) is 50.7 Å². The van der Waals surface area contributed by atoms with Crippen LogP contribution in [0.25, 0.3) is 72.9 Å². The first kappa shape index (κ1) is 29.8. The summed E-state index contributed by atoms with van der Waals surface area (Å²) in [6, 6.07) is 61.7. The number of para-hydroxylation sites is 3. The topological polar surface area (TPSA) is 46.8 Å². The molecular formula is C47H31N5. The van der Waals surface area contributed by atoms with Gasteiger partial charge in [-0.3, -0.25) is 4.98 Å². The van der Waals surface area contributed by atoms with E-state index < -0.39 is 0 Å². The van der Waals surface area contributed by atoms with Crippen LogP contribution in [0, 0.1) is 0 Å². The Morgan fingerprint density at radius 3 is 1.83 bits per heavy atom. The van der Waals surface area contributed by atoms with Gasteiger partial charge in [0.25, 0.3) is 0 Å². The standard InChI is InChI=1S/C47H31N5/c1-3-15-32(16-4-1)40-30-41(50-47(49-40)33-17-5-2-6-18-33)34-19-13-20-35(29-34)52-43-26-11-8-23-38(43)45-37-22-7-10-25-42(37)51(36-21-14-28-48-31-36)44-27-12-9-24-39(44)46(45)52/h1-31H. The van der Waals surface area contributed by atoms with E-state index in [1.165, 1.54) is 16.5 Å². The van der Waals surface area contributed by atoms with Crippen LogP contribution in [0.1, 0.15) is 0 Å². The Labute approximate surface area is 301 Å². The van der Waals surface area contributed by atoms with Crippen LogP contribution in [0.15, 0.2) is 188 Å².